The van der Waals surface area contributed by atoms with Gasteiger partial charge in [-0.1, -0.05) is 38.3 Å². The fourth-order valence-corrected chi connectivity index (χ4v) is 3.94. The molecule has 7 heteroatoms. The minimum absolute atomic E-state index is 0.0873. The van der Waals surface area contributed by atoms with Crippen LogP contribution in [0.4, 0.5) is 0 Å². The van der Waals surface area contributed by atoms with Gasteiger partial charge < -0.3 is 19.5 Å². The third kappa shape index (κ3) is 5.80. The van der Waals surface area contributed by atoms with Gasteiger partial charge in [0.25, 0.3) is 5.91 Å². The van der Waals surface area contributed by atoms with E-state index in [2.05, 4.69) is 10.5 Å². The Labute approximate surface area is 167 Å². The van der Waals surface area contributed by atoms with Crippen LogP contribution in [0.5, 0.6) is 0 Å². The summed E-state index contributed by atoms with van der Waals surface area (Å²) in [4.78, 5) is 27.2. The Hall–Kier alpha value is -1.89. The first-order chi connectivity index (χ1) is 13.5. The molecular formula is C21H33N3O4. The molecule has 1 aromatic heterocycles. The van der Waals surface area contributed by atoms with Gasteiger partial charge >= 0.3 is 0 Å². The molecule has 156 valence electrons. The predicted molar refractivity (Wildman–Crippen MR) is 105 cm³/mol. The first-order valence-corrected chi connectivity index (χ1v) is 10.7. The molecule has 1 saturated carbocycles. The van der Waals surface area contributed by atoms with Crippen molar-refractivity contribution in [1.82, 2.24) is 15.4 Å². The third-order valence-corrected chi connectivity index (χ3v) is 5.52. The number of nitrogens with zero attached hydrogens (tertiary/aromatic N) is 2. The van der Waals surface area contributed by atoms with Crippen molar-refractivity contribution in [3.63, 3.8) is 0 Å². The quantitative estimate of drug-likeness (QED) is 0.736. The minimum atomic E-state index is -0.243. The number of amides is 2. The maximum Gasteiger partial charge on any atom is 0.273 e. The van der Waals surface area contributed by atoms with E-state index in [-0.39, 0.29) is 29.5 Å². The maximum absolute atomic E-state index is 13.1. The number of nitrogens with one attached hydrogen (secondary N) is 1. The van der Waals surface area contributed by atoms with Gasteiger partial charge in [-0.3, -0.25) is 9.59 Å². The zero-order valence-corrected chi connectivity index (χ0v) is 17.1. The molecule has 1 aromatic rings. The second kappa shape index (κ2) is 10.0. The van der Waals surface area contributed by atoms with E-state index >= 15 is 0 Å². The van der Waals surface area contributed by atoms with E-state index in [9.17, 15) is 9.59 Å². The summed E-state index contributed by atoms with van der Waals surface area (Å²) in [5.74, 6) is 0.930. The molecule has 1 atom stereocenters. The minimum Gasteiger partial charge on any atom is -0.376 e. The molecule has 28 heavy (non-hydrogen) atoms. The largest absolute Gasteiger partial charge is 0.376 e. The van der Waals surface area contributed by atoms with Crippen molar-refractivity contribution in [2.75, 3.05) is 19.7 Å². The summed E-state index contributed by atoms with van der Waals surface area (Å²) in [5, 5.41) is 6.73. The molecule has 2 aliphatic rings. The lowest BCUT2D eigenvalue weighted by molar-refractivity contribution is -0.139. The number of hydrogen-bond acceptors (Lipinski definition) is 5. The van der Waals surface area contributed by atoms with E-state index < -0.39 is 0 Å². The Morgan fingerprint density at radius 3 is 2.68 bits per heavy atom. The van der Waals surface area contributed by atoms with Gasteiger partial charge in [0, 0.05) is 31.7 Å². The molecule has 7 nitrogen and oxygen atoms in total. The third-order valence-electron chi connectivity index (χ3n) is 5.52. The van der Waals surface area contributed by atoms with Crippen molar-refractivity contribution in [3.8, 4) is 0 Å². The summed E-state index contributed by atoms with van der Waals surface area (Å²) in [6.07, 6.45) is 7.47. The Morgan fingerprint density at radius 1 is 1.21 bits per heavy atom. The average molecular weight is 392 g/mol. The normalized spacial score (nSPS) is 20.5. The van der Waals surface area contributed by atoms with Crippen LogP contribution in [-0.4, -0.2) is 47.7 Å². The molecule has 0 aromatic carbocycles. The summed E-state index contributed by atoms with van der Waals surface area (Å²) in [6, 6.07) is 1.65. The molecule has 2 heterocycles. The Bertz CT molecular complexity index is 646. The van der Waals surface area contributed by atoms with Crippen LogP contribution >= 0.6 is 0 Å². The van der Waals surface area contributed by atoms with Crippen molar-refractivity contribution >= 4 is 11.8 Å². The zero-order chi connectivity index (χ0) is 19.9. The van der Waals surface area contributed by atoms with Crippen LogP contribution < -0.4 is 5.32 Å². The summed E-state index contributed by atoms with van der Waals surface area (Å²) in [6.45, 7) is 6.33. The predicted octanol–water partition coefficient (Wildman–Crippen LogP) is 3.15. The van der Waals surface area contributed by atoms with Gasteiger partial charge in [-0.05, 0) is 31.6 Å². The molecular weight excluding hydrogens is 358 g/mol. The summed E-state index contributed by atoms with van der Waals surface area (Å²) in [7, 11) is 0. The van der Waals surface area contributed by atoms with Crippen molar-refractivity contribution in [2.24, 2.45) is 11.8 Å². The van der Waals surface area contributed by atoms with Gasteiger partial charge in [0.05, 0.1) is 12.6 Å². The Morgan fingerprint density at radius 2 is 2.00 bits per heavy atom. The molecule has 0 bridgehead atoms. The summed E-state index contributed by atoms with van der Waals surface area (Å²) >= 11 is 0. The highest BCUT2D eigenvalue weighted by molar-refractivity contribution is 5.92. The average Bonchev–Trinajstić information content (AvgIpc) is 3.38. The lowest BCUT2D eigenvalue weighted by atomic mass is 9.88. The number of aromatic nitrogens is 1. The number of carbonyl (C=O) groups excluding carboxylic acids is 2. The van der Waals surface area contributed by atoms with Gasteiger partial charge in [0.1, 0.15) is 0 Å². The van der Waals surface area contributed by atoms with Crippen LogP contribution in [0.1, 0.15) is 75.0 Å². The van der Waals surface area contributed by atoms with Crippen molar-refractivity contribution in [1.29, 1.82) is 0 Å². The van der Waals surface area contributed by atoms with Crippen LogP contribution in [0.2, 0.25) is 0 Å². The number of ether oxygens (including phenoxy) is 1. The maximum atomic E-state index is 13.1. The second-order valence-electron chi connectivity index (χ2n) is 8.47. The lowest BCUT2D eigenvalue weighted by Crippen LogP contribution is -2.41. The molecule has 2 amide bonds. The molecule has 1 aliphatic carbocycles. The topological polar surface area (TPSA) is 84.7 Å². The zero-order valence-electron chi connectivity index (χ0n) is 17.1. The molecule has 1 saturated heterocycles. The fraction of sp³-hybridized carbons (Fsp3) is 0.762. The summed E-state index contributed by atoms with van der Waals surface area (Å²) < 4.78 is 11.1. The highest BCUT2D eigenvalue weighted by Gasteiger charge is 2.30. The first kappa shape index (κ1) is 20.8. The van der Waals surface area contributed by atoms with E-state index in [1.165, 1.54) is 6.42 Å². The second-order valence-corrected chi connectivity index (χ2v) is 8.47. The van der Waals surface area contributed by atoms with Gasteiger partial charge in [0.2, 0.25) is 5.91 Å². The van der Waals surface area contributed by atoms with Crippen molar-refractivity contribution in [3.05, 3.63) is 17.5 Å². The molecule has 1 unspecified atom stereocenters. The smallest absolute Gasteiger partial charge is 0.273 e. The standard InChI is InChI=1S/C21H33N3O4/c1-15(2)12-22-20(25)19-11-18(28-23-19)14-24(13-17-9-6-10-27-17)21(26)16-7-4-3-5-8-16/h11,15-17H,3-10,12-14H2,1-2H3,(H,22,25). The van der Waals surface area contributed by atoms with Crippen LogP contribution in [0.25, 0.3) is 0 Å². The van der Waals surface area contributed by atoms with Crippen molar-refractivity contribution < 1.29 is 18.8 Å². The van der Waals surface area contributed by atoms with E-state index in [4.69, 9.17) is 9.26 Å². The molecule has 0 spiro atoms. The number of hydrogen-bond donors (Lipinski definition) is 1. The Kier molecular flexibility index (Phi) is 7.48. The van der Waals surface area contributed by atoms with Gasteiger partial charge in [-0.2, -0.15) is 0 Å². The molecule has 1 aliphatic heterocycles. The van der Waals surface area contributed by atoms with Crippen LogP contribution in [0.3, 0.4) is 0 Å². The first-order valence-electron chi connectivity index (χ1n) is 10.7. The van der Waals surface area contributed by atoms with Crippen LogP contribution in [0.15, 0.2) is 10.6 Å². The Balaban J connectivity index is 1.64. The van der Waals surface area contributed by atoms with Crippen molar-refractivity contribution in [2.45, 2.75) is 71.4 Å². The monoisotopic (exact) mass is 391 g/mol. The number of rotatable bonds is 8. The lowest BCUT2D eigenvalue weighted by Gasteiger charge is -2.30. The number of carbonyl (C=O) groups is 2. The van der Waals surface area contributed by atoms with E-state index in [0.29, 0.717) is 31.3 Å². The van der Waals surface area contributed by atoms with Crippen LogP contribution in [0, 0.1) is 11.8 Å². The highest BCUT2D eigenvalue weighted by Crippen LogP contribution is 2.27. The summed E-state index contributed by atoms with van der Waals surface area (Å²) in [5.41, 5.74) is 0.262. The van der Waals surface area contributed by atoms with E-state index in [1.54, 1.807) is 6.07 Å². The molecule has 0 radical (unpaired) electrons. The van der Waals surface area contributed by atoms with Gasteiger partial charge in [-0.25, -0.2) is 0 Å². The molecule has 3 rings (SSSR count). The SMILES string of the molecule is CC(C)CNC(=O)c1cc(CN(CC2CCCO2)C(=O)C2CCCCC2)on1. The fourth-order valence-electron chi connectivity index (χ4n) is 3.94. The van der Waals surface area contributed by atoms with Crippen LogP contribution in [-0.2, 0) is 16.1 Å². The molecule has 2 fully saturated rings. The highest BCUT2D eigenvalue weighted by atomic mass is 16.5. The van der Waals surface area contributed by atoms with E-state index in [0.717, 1.165) is 45.1 Å². The van der Waals surface area contributed by atoms with Gasteiger partial charge in [-0.15, -0.1) is 0 Å². The van der Waals surface area contributed by atoms with E-state index in [1.807, 2.05) is 18.7 Å². The molecule has 1 N–H and O–H groups in total. The van der Waals surface area contributed by atoms with Gasteiger partial charge in [0.15, 0.2) is 11.5 Å².